The molecule has 0 spiro atoms. The highest BCUT2D eigenvalue weighted by molar-refractivity contribution is 9.10. The second-order valence-electron chi connectivity index (χ2n) is 4.86. The largest absolute Gasteiger partial charge is 0.371 e. The van der Waals surface area contributed by atoms with Crippen LogP contribution in [0.2, 0.25) is 0 Å². The lowest BCUT2D eigenvalue weighted by Gasteiger charge is -2.13. The Morgan fingerprint density at radius 1 is 1.43 bits per heavy atom. The van der Waals surface area contributed by atoms with Crippen LogP contribution in [-0.2, 0) is 11.3 Å². The van der Waals surface area contributed by atoms with Crippen LogP contribution < -0.4 is 0 Å². The SMILES string of the molecule is CCOC(C)c1nccn1Cc1nc2ccc(Br)cc2[nH]1. The molecule has 2 aromatic heterocycles. The number of aromatic nitrogens is 4. The number of H-pyrrole nitrogens is 1. The summed E-state index contributed by atoms with van der Waals surface area (Å²) in [6, 6.07) is 6.02. The van der Waals surface area contributed by atoms with Crippen LogP contribution in [0.1, 0.15) is 31.6 Å². The first-order valence-electron chi connectivity index (χ1n) is 6.94. The molecule has 5 nitrogen and oxygen atoms in total. The molecule has 0 saturated carbocycles. The predicted octanol–water partition coefficient (Wildman–Crippen LogP) is 3.67. The molecule has 0 aliphatic heterocycles. The molecule has 0 radical (unpaired) electrons. The molecule has 1 aromatic carbocycles. The molecular weight excluding hydrogens is 332 g/mol. The molecule has 3 rings (SSSR count). The number of halogens is 1. The zero-order chi connectivity index (χ0) is 14.8. The van der Waals surface area contributed by atoms with Gasteiger partial charge in [-0.3, -0.25) is 0 Å². The molecule has 1 N–H and O–H groups in total. The number of nitrogens with zero attached hydrogens (tertiary/aromatic N) is 3. The Labute approximate surface area is 131 Å². The average Bonchev–Trinajstić information content (AvgIpc) is 3.05. The van der Waals surface area contributed by atoms with E-state index in [1.165, 1.54) is 0 Å². The van der Waals surface area contributed by atoms with E-state index in [1.54, 1.807) is 6.20 Å². The molecule has 0 amide bonds. The second-order valence-corrected chi connectivity index (χ2v) is 5.77. The number of benzene rings is 1. The fourth-order valence-corrected chi connectivity index (χ4v) is 2.77. The normalized spacial score (nSPS) is 12.9. The number of fused-ring (bicyclic) bond motifs is 1. The van der Waals surface area contributed by atoms with E-state index in [0.717, 1.165) is 27.2 Å². The molecule has 1 unspecified atom stereocenters. The van der Waals surface area contributed by atoms with Crippen molar-refractivity contribution in [1.82, 2.24) is 19.5 Å². The van der Waals surface area contributed by atoms with E-state index in [0.29, 0.717) is 13.2 Å². The lowest BCUT2D eigenvalue weighted by molar-refractivity contribution is 0.0677. The van der Waals surface area contributed by atoms with Crippen molar-refractivity contribution in [2.24, 2.45) is 0 Å². The highest BCUT2D eigenvalue weighted by atomic mass is 79.9. The van der Waals surface area contributed by atoms with Gasteiger partial charge in [-0.25, -0.2) is 9.97 Å². The highest BCUT2D eigenvalue weighted by Gasteiger charge is 2.13. The van der Waals surface area contributed by atoms with Gasteiger partial charge in [0.2, 0.25) is 0 Å². The van der Waals surface area contributed by atoms with Crippen molar-refractivity contribution in [2.45, 2.75) is 26.5 Å². The van der Waals surface area contributed by atoms with Crippen molar-refractivity contribution in [2.75, 3.05) is 6.61 Å². The smallest absolute Gasteiger partial charge is 0.138 e. The van der Waals surface area contributed by atoms with Crippen molar-refractivity contribution in [1.29, 1.82) is 0 Å². The zero-order valence-corrected chi connectivity index (χ0v) is 13.6. The maximum atomic E-state index is 5.62. The molecule has 0 aliphatic rings. The van der Waals surface area contributed by atoms with Gasteiger partial charge >= 0.3 is 0 Å². The Kier molecular flexibility index (Phi) is 4.07. The Balaban J connectivity index is 1.87. The van der Waals surface area contributed by atoms with Crippen molar-refractivity contribution < 1.29 is 4.74 Å². The number of hydrogen-bond donors (Lipinski definition) is 1. The predicted molar refractivity (Wildman–Crippen MR) is 85.2 cm³/mol. The third kappa shape index (κ3) is 3.01. The van der Waals surface area contributed by atoms with Crippen LogP contribution in [0.4, 0.5) is 0 Å². The van der Waals surface area contributed by atoms with E-state index in [-0.39, 0.29) is 6.10 Å². The maximum absolute atomic E-state index is 5.62. The van der Waals surface area contributed by atoms with E-state index >= 15 is 0 Å². The van der Waals surface area contributed by atoms with Crippen molar-refractivity contribution in [3.8, 4) is 0 Å². The fraction of sp³-hybridized carbons (Fsp3) is 0.333. The van der Waals surface area contributed by atoms with Crippen LogP contribution in [0.5, 0.6) is 0 Å². The van der Waals surface area contributed by atoms with E-state index in [4.69, 9.17) is 4.74 Å². The van der Waals surface area contributed by atoms with Crippen molar-refractivity contribution in [3.63, 3.8) is 0 Å². The minimum atomic E-state index is -0.0245. The van der Waals surface area contributed by atoms with Crippen LogP contribution in [0.25, 0.3) is 11.0 Å². The summed E-state index contributed by atoms with van der Waals surface area (Å²) in [6.45, 7) is 5.32. The number of ether oxygens (including phenoxy) is 1. The van der Waals surface area contributed by atoms with E-state index in [9.17, 15) is 0 Å². The Bertz CT molecular complexity index is 749. The fourth-order valence-electron chi connectivity index (χ4n) is 2.41. The molecule has 0 bridgehead atoms. The van der Waals surface area contributed by atoms with Gasteiger partial charge in [0.1, 0.15) is 17.8 Å². The van der Waals surface area contributed by atoms with Gasteiger partial charge in [-0.1, -0.05) is 15.9 Å². The quantitative estimate of drug-likeness (QED) is 0.765. The maximum Gasteiger partial charge on any atom is 0.138 e. The van der Waals surface area contributed by atoms with Gasteiger partial charge in [0.25, 0.3) is 0 Å². The van der Waals surface area contributed by atoms with Crippen molar-refractivity contribution >= 4 is 27.0 Å². The Hall–Kier alpha value is -1.66. The van der Waals surface area contributed by atoms with Gasteiger partial charge in [0, 0.05) is 23.5 Å². The first-order chi connectivity index (χ1) is 10.2. The standard InChI is InChI=1S/C15H17BrN4O/c1-3-21-10(2)15-17-6-7-20(15)9-14-18-12-5-4-11(16)8-13(12)19-14/h4-8,10H,3,9H2,1-2H3,(H,18,19). The van der Waals surface area contributed by atoms with Crippen LogP contribution in [0.15, 0.2) is 35.1 Å². The lowest BCUT2D eigenvalue weighted by atomic mass is 10.3. The summed E-state index contributed by atoms with van der Waals surface area (Å²) in [5, 5.41) is 0. The summed E-state index contributed by atoms with van der Waals surface area (Å²) < 4.78 is 8.72. The van der Waals surface area contributed by atoms with Crippen LogP contribution in [-0.4, -0.2) is 26.1 Å². The molecule has 2 heterocycles. The molecule has 0 saturated heterocycles. The molecule has 3 aromatic rings. The molecule has 1 atom stereocenters. The monoisotopic (exact) mass is 348 g/mol. The minimum Gasteiger partial charge on any atom is -0.371 e. The van der Waals surface area contributed by atoms with Crippen LogP contribution in [0, 0.1) is 0 Å². The summed E-state index contributed by atoms with van der Waals surface area (Å²) in [7, 11) is 0. The zero-order valence-electron chi connectivity index (χ0n) is 12.0. The summed E-state index contributed by atoms with van der Waals surface area (Å²) in [6.07, 6.45) is 3.72. The number of aromatic amines is 1. The Morgan fingerprint density at radius 3 is 3.10 bits per heavy atom. The van der Waals surface area contributed by atoms with E-state index in [1.807, 2.05) is 38.2 Å². The second kappa shape index (κ2) is 5.99. The molecule has 110 valence electrons. The third-order valence-corrected chi connectivity index (χ3v) is 3.83. The molecule has 0 aliphatic carbocycles. The number of hydrogen-bond acceptors (Lipinski definition) is 3. The number of nitrogens with one attached hydrogen (secondary N) is 1. The van der Waals surface area contributed by atoms with Gasteiger partial charge in [0.05, 0.1) is 17.6 Å². The van der Waals surface area contributed by atoms with E-state index in [2.05, 4.69) is 35.4 Å². The van der Waals surface area contributed by atoms with Crippen LogP contribution >= 0.6 is 15.9 Å². The lowest BCUT2D eigenvalue weighted by Crippen LogP contribution is -2.10. The molecule has 6 heteroatoms. The number of rotatable bonds is 5. The van der Waals surface area contributed by atoms with Gasteiger partial charge in [0.15, 0.2) is 0 Å². The summed E-state index contributed by atoms with van der Waals surface area (Å²) >= 11 is 3.47. The van der Waals surface area contributed by atoms with Gasteiger partial charge in [-0.15, -0.1) is 0 Å². The first-order valence-corrected chi connectivity index (χ1v) is 7.73. The van der Waals surface area contributed by atoms with Gasteiger partial charge in [-0.05, 0) is 32.0 Å². The molecule has 21 heavy (non-hydrogen) atoms. The van der Waals surface area contributed by atoms with Gasteiger partial charge < -0.3 is 14.3 Å². The highest BCUT2D eigenvalue weighted by Crippen LogP contribution is 2.19. The number of imidazole rings is 2. The average molecular weight is 349 g/mol. The van der Waals surface area contributed by atoms with Crippen molar-refractivity contribution in [3.05, 3.63) is 46.7 Å². The summed E-state index contributed by atoms with van der Waals surface area (Å²) in [5.41, 5.74) is 1.99. The van der Waals surface area contributed by atoms with Gasteiger partial charge in [-0.2, -0.15) is 0 Å². The minimum absolute atomic E-state index is 0.0245. The van der Waals surface area contributed by atoms with E-state index < -0.39 is 0 Å². The topological polar surface area (TPSA) is 55.7 Å². The summed E-state index contributed by atoms with van der Waals surface area (Å²) in [4.78, 5) is 12.3. The molecular formula is C15H17BrN4O. The van der Waals surface area contributed by atoms with Crippen LogP contribution in [0.3, 0.4) is 0 Å². The third-order valence-electron chi connectivity index (χ3n) is 3.34. The first kappa shape index (κ1) is 14.3. The Morgan fingerprint density at radius 2 is 2.29 bits per heavy atom. The summed E-state index contributed by atoms with van der Waals surface area (Å²) in [5.74, 6) is 1.82. The molecule has 0 fully saturated rings.